The van der Waals surface area contributed by atoms with Gasteiger partial charge in [0, 0.05) is 18.3 Å². The Morgan fingerprint density at radius 3 is 2.60 bits per heavy atom. The Morgan fingerprint density at radius 2 is 2.00 bits per heavy atom. The summed E-state index contributed by atoms with van der Waals surface area (Å²) >= 11 is 0. The lowest BCUT2D eigenvalue weighted by molar-refractivity contribution is -0.144. The molecule has 1 unspecified atom stereocenters. The van der Waals surface area contributed by atoms with Gasteiger partial charge in [-0.1, -0.05) is 44.2 Å². The van der Waals surface area contributed by atoms with Gasteiger partial charge < -0.3 is 19.7 Å². The number of ether oxygens (including phenoxy) is 1. The van der Waals surface area contributed by atoms with E-state index in [1.807, 2.05) is 44.2 Å². The van der Waals surface area contributed by atoms with Gasteiger partial charge in [0.05, 0.1) is 6.54 Å². The molecule has 0 radical (unpaired) electrons. The fraction of sp³-hybridized carbons (Fsp3) is 0.389. The smallest absolute Gasteiger partial charge is 0.408 e. The number of amides is 1. The third-order valence-electron chi connectivity index (χ3n) is 3.81. The Kier molecular flexibility index (Phi) is 5.80. The number of carbonyl (C=O) groups is 2. The fourth-order valence-corrected chi connectivity index (χ4v) is 2.44. The first-order valence-corrected chi connectivity index (χ1v) is 8.05. The van der Waals surface area contributed by atoms with Crippen LogP contribution in [0.5, 0.6) is 0 Å². The molecule has 0 bridgehead atoms. The van der Waals surface area contributed by atoms with E-state index in [0.29, 0.717) is 0 Å². The molecule has 2 aromatic rings. The van der Waals surface area contributed by atoms with Crippen LogP contribution in [0.15, 0.2) is 42.7 Å². The Labute approximate surface area is 146 Å². The van der Waals surface area contributed by atoms with E-state index in [-0.39, 0.29) is 19.1 Å². The highest BCUT2D eigenvalue weighted by Crippen LogP contribution is 2.16. The van der Waals surface area contributed by atoms with E-state index in [9.17, 15) is 14.7 Å². The minimum atomic E-state index is -1.52. The van der Waals surface area contributed by atoms with Crippen molar-refractivity contribution >= 4 is 12.1 Å². The number of alkyl carbamates (subject to hydrolysis) is 1. The predicted octanol–water partition coefficient (Wildman–Crippen LogP) is 2.78. The van der Waals surface area contributed by atoms with Crippen LogP contribution in [-0.2, 0) is 22.7 Å². The molecule has 1 amide bonds. The lowest BCUT2D eigenvalue weighted by Gasteiger charge is -2.27. The molecule has 0 spiro atoms. The van der Waals surface area contributed by atoms with E-state index in [1.165, 1.54) is 6.92 Å². The molecule has 2 N–H and O–H groups in total. The van der Waals surface area contributed by atoms with Gasteiger partial charge in [-0.05, 0) is 12.5 Å². The second-order valence-corrected chi connectivity index (χ2v) is 6.39. The first kappa shape index (κ1) is 18.5. The van der Waals surface area contributed by atoms with Crippen LogP contribution < -0.4 is 5.32 Å². The lowest BCUT2D eigenvalue weighted by atomic mass is 10.0. The zero-order chi connectivity index (χ0) is 18.4. The topological polar surface area (TPSA) is 93.5 Å². The normalized spacial score (nSPS) is 13.3. The SMILES string of the molecule is CC(C)c1nccn1CC(C)(NC(=O)OCc1ccccc1)C(=O)O. The molecule has 134 valence electrons. The molecule has 0 saturated carbocycles. The molecule has 1 atom stereocenters. The molecule has 0 aliphatic carbocycles. The average molecular weight is 345 g/mol. The molecule has 0 aliphatic rings. The van der Waals surface area contributed by atoms with Gasteiger partial charge in [-0.25, -0.2) is 14.6 Å². The third kappa shape index (κ3) is 4.82. The van der Waals surface area contributed by atoms with Gasteiger partial charge in [-0.15, -0.1) is 0 Å². The number of nitrogens with zero attached hydrogens (tertiary/aromatic N) is 2. The van der Waals surface area contributed by atoms with Crippen LogP contribution in [0.2, 0.25) is 0 Å². The van der Waals surface area contributed by atoms with Crippen LogP contribution in [0.1, 0.15) is 38.1 Å². The number of benzene rings is 1. The van der Waals surface area contributed by atoms with E-state index in [1.54, 1.807) is 17.0 Å². The van der Waals surface area contributed by atoms with Crippen LogP contribution in [0, 0.1) is 0 Å². The summed E-state index contributed by atoms with van der Waals surface area (Å²) in [6.45, 7) is 5.52. The molecule has 7 heteroatoms. The van der Waals surface area contributed by atoms with Gasteiger partial charge in [0.1, 0.15) is 12.4 Å². The van der Waals surface area contributed by atoms with Crippen molar-refractivity contribution in [1.29, 1.82) is 0 Å². The first-order valence-electron chi connectivity index (χ1n) is 8.05. The highest BCUT2D eigenvalue weighted by Gasteiger charge is 2.36. The van der Waals surface area contributed by atoms with Crippen LogP contribution in [0.3, 0.4) is 0 Å². The molecular formula is C18H23N3O4. The zero-order valence-electron chi connectivity index (χ0n) is 14.6. The van der Waals surface area contributed by atoms with E-state index in [0.717, 1.165) is 11.4 Å². The van der Waals surface area contributed by atoms with Crippen LogP contribution in [-0.4, -0.2) is 32.3 Å². The Bertz CT molecular complexity index is 727. The maximum Gasteiger partial charge on any atom is 0.408 e. The number of aliphatic carboxylic acids is 1. The van der Waals surface area contributed by atoms with Crippen molar-refractivity contribution in [3.05, 3.63) is 54.1 Å². The van der Waals surface area contributed by atoms with Crippen LogP contribution in [0.25, 0.3) is 0 Å². The predicted molar refractivity (Wildman–Crippen MR) is 92.1 cm³/mol. The third-order valence-corrected chi connectivity index (χ3v) is 3.81. The number of imidazole rings is 1. The number of nitrogens with one attached hydrogen (secondary N) is 1. The van der Waals surface area contributed by atoms with Crippen molar-refractivity contribution in [3.8, 4) is 0 Å². The van der Waals surface area contributed by atoms with Crippen LogP contribution >= 0.6 is 0 Å². The standard InChI is InChI=1S/C18H23N3O4/c1-13(2)15-19-9-10-21(15)12-18(3,16(22)23)20-17(24)25-11-14-7-5-4-6-8-14/h4-10,13H,11-12H2,1-3H3,(H,20,24)(H,22,23). The van der Waals surface area contributed by atoms with E-state index in [2.05, 4.69) is 10.3 Å². The minimum absolute atomic E-state index is 0.0519. The van der Waals surface area contributed by atoms with Crippen LogP contribution in [0.4, 0.5) is 4.79 Å². The summed E-state index contributed by atoms with van der Waals surface area (Å²) in [6, 6.07) is 9.19. The monoisotopic (exact) mass is 345 g/mol. The molecule has 1 heterocycles. The summed E-state index contributed by atoms with van der Waals surface area (Å²) in [6.07, 6.45) is 2.54. The number of carboxylic acids is 1. The first-order chi connectivity index (χ1) is 11.8. The van der Waals surface area contributed by atoms with Crippen molar-refractivity contribution < 1.29 is 19.4 Å². The molecule has 2 rings (SSSR count). The van der Waals surface area contributed by atoms with E-state index < -0.39 is 17.6 Å². The second-order valence-electron chi connectivity index (χ2n) is 6.39. The van der Waals surface area contributed by atoms with Crippen molar-refractivity contribution in [1.82, 2.24) is 14.9 Å². The molecule has 25 heavy (non-hydrogen) atoms. The summed E-state index contributed by atoms with van der Waals surface area (Å²) < 4.78 is 6.86. The number of rotatable bonds is 7. The Balaban J connectivity index is 2.04. The molecule has 0 aliphatic heterocycles. The maximum absolute atomic E-state index is 12.1. The van der Waals surface area contributed by atoms with Gasteiger partial charge >= 0.3 is 12.1 Å². The van der Waals surface area contributed by atoms with Crippen molar-refractivity contribution in [3.63, 3.8) is 0 Å². The van der Waals surface area contributed by atoms with Crippen molar-refractivity contribution in [2.45, 2.75) is 45.4 Å². The summed E-state index contributed by atoms with van der Waals surface area (Å²) in [4.78, 5) is 28.0. The molecule has 0 fully saturated rings. The van der Waals surface area contributed by atoms with Gasteiger partial charge in [0.2, 0.25) is 0 Å². The fourth-order valence-electron chi connectivity index (χ4n) is 2.44. The lowest BCUT2D eigenvalue weighted by Crippen LogP contribution is -2.55. The van der Waals surface area contributed by atoms with Gasteiger partial charge in [0.15, 0.2) is 5.54 Å². The number of hydrogen-bond donors (Lipinski definition) is 2. The zero-order valence-corrected chi connectivity index (χ0v) is 14.6. The maximum atomic E-state index is 12.1. The number of carbonyl (C=O) groups excluding carboxylic acids is 1. The van der Waals surface area contributed by atoms with Gasteiger partial charge in [-0.3, -0.25) is 0 Å². The average Bonchev–Trinajstić information content (AvgIpc) is 3.02. The minimum Gasteiger partial charge on any atom is -0.479 e. The summed E-state index contributed by atoms with van der Waals surface area (Å²) in [5.74, 6) is -0.252. The highest BCUT2D eigenvalue weighted by atomic mass is 16.5. The Hall–Kier alpha value is -2.83. The van der Waals surface area contributed by atoms with Crippen molar-refractivity contribution in [2.75, 3.05) is 0 Å². The largest absolute Gasteiger partial charge is 0.479 e. The number of carboxylic acid groups (broad SMARTS) is 1. The van der Waals surface area contributed by atoms with Gasteiger partial charge in [0.25, 0.3) is 0 Å². The number of aromatic nitrogens is 2. The molecule has 1 aromatic heterocycles. The summed E-state index contributed by atoms with van der Waals surface area (Å²) in [5, 5.41) is 12.0. The summed E-state index contributed by atoms with van der Waals surface area (Å²) in [5.41, 5.74) is -0.690. The molecule has 1 aromatic carbocycles. The highest BCUT2D eigenvalue weighted by molar-refractivity contribution is 5.83. The Morgan fingerprint density at radius 1 is 1.32 bits per heavy atom. The molecule has 0 saturated heterocycles. The van der Waals surface area contributed by atoms with E-state index in [4.69, 9.17) is 4.74 Å². The second kappa shape index (κ2) is 7.83. The van der Waals surface area contributed by atoms with Gasteiger partial charge in [-0.2, -0.15) is 0 Å². The quantitative estimate of drug-likeness (QED) is 0.805. The molecule has 7 nitrogen and oxygen atoms in total. The van der Waals surface area contributed by atoms with E-state index >= 15 is 0 Å². The molecular weight excluding hydrogens is 322 g/mol. The van der Waals surface area contributed by atoms with Crippen molar-refractivity contribution in [2.24, 2.45) is 0 Å². The summed E-state index contributed by atoms with van der Waals surface area (Å²) in [7, 11) is 0. The number of hydrogen-bond acceptors (Lipinski definition) is 4.